The molecule has 2 aromatic rings. The molecule has 0 radical (unpaired) electrons. The van der Waals surface area contributed by atoms with Crippen LogP contribution >= 0.6 is 22.9 Å². The molecule has 0 aromatic carbocycles. The molecule has 0 unspecified atom stereocenters. The van der Waals surface area contributed by atoms with Crippen LogP contribution in [0.1, 0.15) is 16.7 Å². The van der Waals surface area contributed by atoms with Gasteiger partial charge in [0, 0.05) is 12.3 Å². The number of hydrogen-bond donors (Lipinski definition) is 0. The van der Waals surface area contributed by atoms with Crippen LogP contribution in [-0.2, 0) is 4.74 Å². The van der Waals surface area contributed by atoms with Crippen molar-refractivity contribution in [1.29, 1.82) is 0 Å². The van der Waals surface area contributed by atoms with E-state index in [1.165, 1.54) is 12.4 Å². The fourth-order valence-electron chi connectivity index (χ4n) is 1.08. The van der Waals surface area contributed by atoms with Crippen LogP contribution in [0.5, 0.6) is 10.9 Å². The molecule has 0 N–H and O–H groups in total. The maximum absolute atomic E-state index is 11.4. The number of pyridine rings is 1. The van der Waals surface area contributed by atoms with E-state index in [1.54, 1.807) is 13.0 Å². The highest BCUT2D eigenvalue weighted by molar-refractivity contribution is 7.14. The van der Waals surface area contributed by atoms with Crippen LogP contribution in [0, 0.1) is 0 Å². The minimum absolute atomic E-state index is 0.141. The number of nitrogens with zero attached hydrogens (tertiary/aromatic N) is 3. The van der Waals surface area contributed by atoms with E-state index in [4.69, 9.17) is 21.1 Å². The van der Waals surface area contributed by atoms with Gasteiger partial charge in [0.25, 0.3) is 5.19 Å². The lowest BCUT2D eigenvalue weighted by molar-refractivity contribution is 0.0525. The average molecular weight is 286 g/mol. The summed E-state index contributed by atoms with van der Waals surface area (Å²) < 4.78 is 10.1. The second kappa shape index (κ2) is 5.74. The Morgan fingerprint density at radius 1 is 1.44 bits per heavy atom. The van der Waals surface area contributed by atoms with E-state index in [0.717, 1.165) is 11.3 Å². The zero-order valence-electron chi connectivity index (χ0n) is 9.29. The van der Waals surface area contributed by atoms with Crippen molar-refractivity contribution in [3.63, 3.8) is 0 Å². The first-order valence-corrected chi connectivity index (χ1v) is 6.17. The van der Waals surface area contributed by atoms with Gasteiger partial charge < -0.3 is 9.47 Å². The third-order valence-corrected chi connectivity index (χ3v) is 2.73. The summed E-state index contributed by atoms with van der Waals surface area (Å²) in [6.07, 6.45) is 2.97. The minimum Gasteiger partial charge on any atom is -0.461 e. The van der Waals surface area contributed by atoms with Crippen LogP contribution in [-0.4, -0.2) is 27.8 Å². The molecule has 0 amide bonds. The molecular formula is C10H8ClN3O3S. The summed E-state index contributed by atoms with van der Waals surface area (Å²) in [5, 5.41) is 8.20. The SMILES string of the molecule is CCOC(=O)c1nnc(Oc2cncc(Cl)c2)s1. The smallest absolute Gasteiger partial charge is 0.369 e. The summed E-state index contributed by atoms with van der Waals surface area (Å²) in [5.41, 5.74) is 0. The number of esters is 1. The predicted octanol–water partition coefficient (Wildman–Crippen LogP) is 2.56. The molecule has 0 aliphatic heterocycles. The van der Waals surface area contributed by atoms with Crippen LogP contribution in [0.2, 0.25) is 5.02 Å². The van der Waals surface area contributed by atoms with Crippen molar-refractivity contribution in [1.82, 2.24) is 15.2 Å². The van der Waals surface area contributed by atoms with Gasteiger partial charge in [-0.1, -0.05) is 16.7 Å². The maximum atomic E-state index is 11.4. The first-order chi connectivity index (χ1) is 8.69. The lowest BCUT2D eigenvalue weighted by Gasteiger charge is -1.99. The van der Waals surface area contributed by atoms with E-state index >= 15 is 0 Å². The van der Waals surface area contributed by atoms with Gasteiger partial charge in [0.05, 0.1) is 17.8 Å². The number of carbonyl (C=O) groups is 1. The van der Waals surface area contributed by atoms with Crippen molar-refractivity contribution in [2.75, 3.05) is 6.61 Å². The van der Waals surface area contributed by atoms with Crippen LogP contribution in [0.4, 0.5) is 0 Å². The standard InChI is InChI=1S/C10H8ClN3O3S/c1-2-16-9(15)8-13-14-10(18-8)17-7-3-6(11)4-12-5-7/h3-5H,2H2,1H3. The summed E-state index contributed by atoms with van der Waals surface area (Å²) in [7, 11) is 0. The molecule has 2 aromatic heterocycles. The minimum atomic E-state index is -0.519. The van der Waals surface area contributed by atoms with Gasteiger partial charge in [0.15, 0.2) is 0 Å². The third-order valence-electron chi connectivity index (χ3n) is 1.74. The molecule has 8 heteroatoms. The average Bonchev–Trinajstić information content (AvgIpc) is 2.78. The van der Waals surface area contributed by atoms with E-state index in [2.05, 4.69) is 15.2 Å². The van der Waals surface area contributed by atoms with E-state index in [9.17, 15) is 4.79 Å². The Morgan fingerprint density at radius 3 is 3.00 bits per heavy atom. The van der Waals surface area contributed by atoms with Gasteiger partial charge in [-0.15, -0.1) is 5.10 Å². The zero-order chi connectivity index (χ0) is 13.0. The van der Waals surface area contributed by atoms with Crippen LogP contribution < -0.4 is 4.74 Å². The monoisotopic (exact) mass is 285 g/mol. The van der Waals surface area contributed by atoms with Crippen LogP contribution in [0.25, 0.3) is 0 Å². The molecule has 0 aliphatic carbocycles. The molecule has 0 fully saturated rings. The number of carbonyl (C=O) groups excluding carboxylic acids is 1. The normalized spacial score (nSPS) is 10.1. The largest absolute Gasteiger partial charge is 0.461 e. The van der Waals surface area contributed by atoms with Gasteiger partial charge in [0.1, 0.15) is 5.75 Å². The number of hydrogen-bond acceptors (Lipinski definition) is 7. The van der Waals surface area contributed by atoms with E-state index in [1.807, 2.05) is 0 Å². The summed E-state index contributed by atoms with van der Waals surface area (Å²) in [6, 6.07) is 1.58. The Morgan fingerprint density at radius 2 is 2.28 bits per heavy atom. The van der Waals surface area contributed by atoms with Crippen molar-refractivity contribution in [2.24, 2.45) is 0 Å². The Hall–Kier alpha value is -1.73. The van der Waals surface area contributed by atoms with E-state index < -0.39 is 5.97 Å². The molecule has 0 spiro atoms. The highest BCUT2D eigenvalue weighted by Gasteiger charge is 2.15. The molecule has 94 valence electrons. The molecule has 0 atom stereocenters. The quantitative estimate of drug-likeness (QED) is 0.804. The molecule has 0 bridgehead atoms. The van der Waals surface area contributed by atoms with Crippen LogP contribution in [0.3, 0.4) is 0 Å². The molecule has 6 nitrogen and oxygen atoms in total. The lowest BCUT2D eigenvalue weighted by Crippen LogP contribution is -2.03. The number of rotatable bonds is 4. The second-order valence-corrected chi connectivity index (χ2v) is 4.41. The van der Waals surface area contributed by atoms with Crippen molar-refractivity contribution in [3.8, 4) is 10.9 Å². The Balaban J connectivity index is 2.09. The van der Waals surface area contributed by atoms with E-state index in [0.29, 0.717) is 10.8 Å². The Kier molecular flexibility index (Phi) is 4.06. The Bertz CT molecular complexity index is 561. The second-order valence-electron chi connectivity index (χ2n) is 3.03. The molecular weight excluding hydrogens is 278 g/mol. The van der Waals surface area contributed by atoms with Gasteiger partial charge >= 0.3 is 5.97 Å². The topological polar surface area (TPSA) is 74.2 Å². The van der Waals surface area contributed by atoms with E-state index in [-0.39, 0.29) is 16.8 Å². The molecule has 0 aliphatic rings. The van der Waals surface area contributed by atoms with Gasteiger partial charge in [0.2, 0.25) is 5.01 Å². The van der Waals surface area contributed by atoms with Gasteiger partial charge in [-0.25, -0.2) is 4.79 Å². The van der Waals surface area contributed by atoms with Crippen LogP contribution in [0.15, 0.2) is 18.5 Å². The number of halogens is 1. The first-order valence-electron chi connectivity index (χ1n) is 4.98. The van der Waals surface area contributed by atoms with Crippen molar-refractivity contribution in [3.05, 3.63) is 28.5 Å². The summed E-state index contributed by atoms with van der Waals surface area (Å²) in [4.78, 5) is 15.2. The van der Waals surface area contributed by atoms with Crippen molar-refractivity contribution < 1.29 is 14.3 Å². The Labute approximate surface area is 112 Å². The fourth-order valence-corrected chi connectivity index (χ4v) is 1.85. The molecule has 0 saturated heterocycles. The van der Waals surface area contributed by atoms with Gasteiger partial charge in [-0.05, 0) is 18.3 Å². The number of aromatic nitrogens is 3. The third kappa shape index (κ3) is 3.14. The summed E-state index contributed by atoms with van der Waals surface area (Å²) in [6.45, 7) is 2.00. The lowest BCUT2D eigenvalue weighted by atomic mass is 10.5. The maximum Gasteiger partial charge on any atom is 0.369 e. The molecule has 0 saturated carbocycles. The highest BCUT2D eigenvalue weighted by Crippen LogP contribution is 2.26. The first kappa shape index (κ1) is 12.7. The summed E-state index contributed by atoms with van der Waals surface area (Å²) >= 11 is 6.75. The number of ether oxygens (including phenoxy) is 2. The zero-order valence-corrected chi connectivity index (χ0v) is 10.9. The molecule has 18 heavy (non-hydrogen) atoms. The highest BCUT2D eigenvalue weighted by atomic mass is 35.5. The van der Waals surface area contributed by atoms with Gasteiger partial charge in [-0.2, -0.15) is 0 Å². The van der Waals surface area contributed by atoms with Crippen molar-refractivity contribution >= 4 is 28.9 Å². The fraction of sp³-hybridized carbons (Fsp3) is 0.200. The predicted molar refractivity (Wildman–Crippen MR) is 65.2 cm³/mol. The molecule has 2 rings (SSSR count). The molecule has 2 heterocycles. The van der Waals surface area contributed by atoms with Gasteiger partial charge in [-0.3, -0.25) is 4.98 Å². The summed E-state index contributed by atoms with van der Waals surface area (Å²) in [5.74, 6) is -0.0943. The van der Waals surface area contributed by atoms with Crippen molar-refractivity contribution in [2.45, 2.75) is 6.92 Å².